The van der Waals surface area contributed by atoms with E-state index < -0.39 is 0 Å². The number of aromatic nitrogens is 2. The normalized spacial score (nSPS) is 10.7. The molecule has 0 atom stereocenters. The fraction of sp³-hybridized carbons (Fsp3) is 0. The molecule has 0 radical (unpaired) electrons. The Hall–Kier alpha value is -1.59. The van der Waals surface area contributed by atoms with Gasteiger partial charge in [0.2, 0.25) is 0 Å². The quantitative estimate of drug-likeness (QED) is 0.689. The lowest BCUT2D eigenvalue weighted by atomic mass is 10.1. The third kappa shape index (κ3) is 2.39. The Bertz CT molecular complexity index is 765. The molecule has 20 heavy (non-hydrogen) atoms. The summed E-state index contributed by atoms with van der Waals surface area (Å²) < 4.78 is 3.68. The average Bonchev–Trinajstić information content (AvgIpc) is 2.81. The maximum absolute atomic E-state index is 6.09. The van der Waals surface area contributed by atoms with E-state index in [0.717, 1.165) is 25.9 Å². The minimum Gasteiger partial charge on any atom is -0.384 e. The Morgan fingerprint density at radius 3 is 2.25 bits per heavy atom. The zero-order valence-electron chi connectivity index (χ0n) is 10.4. The molecule has 3 rings (SSSR count). The molecule has 0 aliphatic heterocycles. The van der Waals surface area contributed by atoms with Gasteiger partial charge in [-0.1, -0.05) is 46.3 Å². The lowest BCUT2D eigenvalue weighted by Gasteiger charge is -2.06. The highest BCUT2D eigenvalue weighted by molar-refractivity contribution is 9.11. The highest BCUT2D eigenvalue weighted by Gasteiger charge is 2.12. The van der Waals surface area contributed by atoms with E-state index in [1.807, 2.05) is 54.6 Å². The van der Waals surface area contributed by atoms with Gasteiger partial charge in [-0.2, -0.15) is 5.10 Å². The fourth-order valence-electron chi connectivity index (χ4n) is 2.01. The summed E-state index contributed by atoms with van der Waals surface area (Å²) in [4.78, 5) is 0. The van der Waals surface area contributed by atoms with Crippen molar-refractivity contribution in [3.63, 3.8) is 0 Å². The molecule has 1 heterocycles. The van der Waals surface area contributed by atoms with Crippen molar-refractivity contribution in [1.82, 2.24) is 9.78 Å². The van der Waals surface area contributed by atoms with Crippen LogP contribution in [0.25, 0.3) is 16.9 Å². The molecule has 100 valence electrons. The van der Waals surface area contributed by atoms with Crippen molar-refractivity contribution in [3.8, 4) is 16.9 Å². The van der Waals surface area contributed by atoms with Crippen LogP contribution in [0.2, 0.25) is 0 Å². The van der Waals surface area contributed by atoms with E-state index in [4.69, 9.17) is 5.73 Å². The first kappa shape index (κ1) is 13.4. The van der Waals surface area contributed by atoms with Crippen LogP contribution < -0.4 is 5.73 Å². The Labute approximate surface area is 133 Å². The minimum atomic E-state index is 0.600. The van der Waals surface area contributed by atoms with Gasteiger partial charge in [0.05, 0.1) is 11.4 Å². The van der Waals surface area contributed by atoms with E-state index in [1.54, 1.807) is 4.68 Å². The fourth-order valence-corrected chi connectivity index (χ4v) is 2.95. The molecule has 2 N–H and O–H groups in total. The van der Waals surface area contributed by atoms with E-state index in [9.17, 15) is 0 Å². The standard InChI is InChI=1S/C15H11Br2N3/c16-11-6-2-1-5-10(11)13-9-15(18)20(19-13)14-8-4-3-7-12(14)17/h1-9H,18H2. The second-order valence-corrected chi connectivity index (χ2v) is 6.01. The predicted molar refractivity (Wildman–Crippen MR) is 88.8 cm³/mol. The molecule has 0 saturated carbocycles. The van der Waals surface area contributed by atoms with Crippen LogP contribution in [0.15, 0.2) is 63.5 Å². The Kier molecular flexibility index (Phi) is 3.63. The van der Waals surface area contributed by atoms with Gasteiger partial charge in [-0.05, 0) is 34.1 Å². The molecule has 0 unspecified atom stereocenters. The molecule has 0 spiro atoms. The first-order chi connectivity index (χ1) is 9.66. The Morgan fingerprint density at radius 1 is 0.900 bits per heavy atom. The van der Waals surface area contributed by atoms with E-state index in [1.165, 1.54) is 0 Å². The summed E-state index contributed by atoms with van der Waals surface area (Å²) in [6.07, 6.45) is 0. The lowest BCUT2D eigenvalue weighted by molar-refractivity contribution is 0.890. The zero-order chi connectivity index (χ0) is 14.1. The molecule has 0 bridgehead atoms. The molecule has 0 saturated heterocycles. The van der Waals surface area contributed by atoms with Crippen LogP contribution in [0.5, 0.6) is 0 Å². The first-order valence-electron chi connectivity index (χ1n) is 6.02. The molecule has 1 aromatic heterocycles. The topological polar surface area (TPSA) is 43.8 Å². The van der Waals surface area contributed by atoms with Crippen LogP contribution >= 0.6 is 31.9 Å². The number of hydrogen-bond donors (Lipinski definition) is 1. The Morgan fingerprint density at radius 2 is 1.55 bits per heavy atom. The van der Waals surface area contributed by atoms with Crippen molar-refractivity contribution in [2.24, 2.45) is 0 Å². The van der Waals surface area contributed by atoms with Crippen LogP contribution in [-0.4, -0.2) is 9.78 Å². The molecule has 0 amide bonds. The molecule has 3 aromatic rings. The van der Waals surface area contributed by atoms with Crippen molar-refractivity contribution in [1.29, 1.82) is 0 Å². The van der Waals surface area contributed by atoms with Crippen LogP contribution in [-0.2, 0) is 0 Å². The van der Waals surface area contributed by atoms with Gasteiger partial charge in [-0.15, -0.1) is 0 Å². The number of para-hydroxylation sites is 1. The van der Waals surface area contributed by atoms with Crippen molar-refractivity contribution in [2.45, 2.75) is 0 Å². The first-order valence-corrected chi connectivity index (χ1v) is 7.61. The number of benzene rings is 2. The molecule has 5 heteroatoms. The van der Waals surface area contributed by atoms with Gasteiger partial charge in [0.15, 0.2) is 0 Å². The van der Waals surface area contributed by atoms with Crippen LogP contribution in [0, 0.1) is 0 Å². The molecular formula is C15H11Br2N3. The molecular weight excluding hydrogens is 382 g/mol. The second kappa shape index (κ2) is 5.42. The second-order valence-electron chi connectivity index (χ2n) is 4.30. The number of rotatable bonds is 2. The summed E-state index contributed by atoms with van der Waals surface area (Å²) in [5.41, 5.74) is 8.87. The lowest BCUT2D eigenvalue weighted by Crippen LogP contribution is -2.02. The maximum Gasteiger partial charge on any atom is 0.127 e. The maximum atomic E-state index is 6.09. The average molecular weight is 393 g/mol. The summed E-state index contributed by atoms with van der Waals surface area (Å²) in [6, 6.07) is 17.7. The number of nitrogens with two attached hydrogens (primary N) is 1. The van der Waals surface area contributed by atoms with E-state index in [0.29, 0.717) is 5.82 Å². The van der Waals surface area contributed by atoms with Gasteiger partial charge >= 0.3 is 0 Å². The van der Waals surface area contributed by atoms with Crippen LogP contribution in [0.1, 0.15) is 0 Å². The number of hydrogen-bond acceptors (Lipinski definition) is 2. The zero-order valence-corrected chi connectivity index (χ0v) is 13.6. The molecule has 3 nitrogen and oxygen atoms in total. The van der Waals surface area contributed by atoms with Crippen molar-refractivity contribution in [3.05, 3.63) is 63.5 Å². The number of nitrogens with zero attached hydrogens (tertiary/aromatic N) is 2. The van der Waals surface area contributed by atoms with Crippen molar-refractivity contribution < 1.29 is 0 Å². The van der Waals surface area contributed by atoms with Crippen molar-refractivity contribution >= 4 is 37.7 Å². The van der Waals surface area contributed by atoms with Gasteiger partial charge in [-0.25, -0.2) is 4.68 Å². The molecule has 0 aliphatic rings. The molecule has 0 aliphatic carbocycles. The molecule has 0 fully saturated rings. The minimum absolute atomic E-state index is 0.600. The van der Waals surface area contributed by atoms with Gasteiger partial charge in [0.25, 0.3) is 0 Å². The van der Waals surface area contributed by atoms with Crippen LogP contribution in [0.4, 0.5) is 5.82 Å². The third-order valence-corrected chi connectivity index (χ3v) is 4.33. The summed E-state index contributed by atoms with van der Waals surface area (Å²) in [5.74, 6) is 0.600. The highest BCUT2D eigenvalue weighted by atomic mass is 79.9. The number of halogens is 2. The predicted octanol–water partition coefficient (Wildman–Crippen LogP) is 4.65. The van der Waals surface area contributed by atoms with Crippen molar-refractivity contribution in [2.75, 3.05) is 5.73 Å². The largest absolute Gasteiger partial charge is 0.384 e. The SMILES string of the molecule is Nc1cc(-c2ccccc2Br)nn1-c1ccccc1Br. The smallest absolute Gasteiger partial charge is 0.127 e. The highest BCUT2D eigenvalue weighted by Crippen LogP contribution is 2.30. The van der Waals surface area contributed by atoms with E-state index >= 15 is 0 Å². The molecule has 2 aromatic carbocycles. The third-order valence-electron chi connectivity index (χ3n) is 2.97. The van der Waals surface area contributed by atoms with E-state index in [2.05, 4.69) is 37.0 Å². The van der Waals surface area contributed by atoms with Gasteiger partial charge < -0.3 is 5.73 Å². The van der Waals surface area contributed by atoms with E-state index in [-0.39, 0.29) is 0 Å². The van der Waals surface area contributed by atoms with Gasteiger partial charge in [-0.3, -0.25) is 0 Å². The summed E-state index contributed by atoms with van der Waals surface area (Å²) in [6.45, 7) is 0. The number of anilines is 1. The summed E-state index contributed by atoms with van der Waals surface area (Å²) >= 11 is 7.06. The van der Waals surface area contributed by atoms with Gasteiger partial charge in [0, 0.05) is 20.6 Å². The Balaban J connectivity index is 2.13. The van der Waals surface area contributed by atoms with Crippen LogP contribution in [0.3, 0.4) is 0 Å². The summed E-state index contributed by atoms with van der Waals surface area (Å²) in [5, 5.41) is 4.60. The monoisotopic (exact) mass is 391 g/mol. The van der Waals surface area contributed by atoms with Gasteiger partial charge in [0.1, 0.15) is 5.82 Å². The number of nitrogen functional groups attached to an aromatic ring is 1. The summed E-state index contributed by atoms with van der Waals surface area (Å²) in [7, 11) is 0.